The van der Waals surface area contributed by atoms with Gasteiger partial charge in [-0.3, -0.25) is 0 Å². The molecule has 0 bridgehead atoms. The molecule has 1 aromatic rings. The van der Waals surface area contributed by atoms with Gasteiger partial charge in [-0.25, -0.2) is 4.98 Å². The fourth-order valence-corrected chi connectivity index (χ4v) is 1.10. The van der Waals surface area contributed by atoms with Crippen molar-refractivity contribution in [3.05, 3.63) is 18.2 Å². The summed E-state index contributed by atoms with van der Waals surface area (Å²) >= 11 is 0. The lowest BCUT2D eigenvalue weighted by Gasteiger charge is -2.10. The minimum atomic E-state index is 0.338. The van der Waals surface area contributed by atoms with Crippen molar-refractivity contribution in [1.29, 1.82) is 0 Å². The molecule has 1 N–H and O–H groups in total. The molecule has 0 saturated carbocycles. The first kappa shape index (κ1) is 8.27. The van der Waals surface area contributed by atoms with Crippen molar-refractivity contribution < 1.29 is 0 Å². The molecule has 1 aromatic heterocycles. The van der Waals surface area contributed by atoms with Crippen LogP contribution < -0.4 is 5.32 Å². The highest BCUT2D eigenvalue weighted by Gasteiger charge is 2.07. The Balaban J connectivity index is 2.83. The zero-order valence-corrected chi connectivity index (χ0v) is 7.33. The Labute approximate surface area is 67.4 Å². The zero-order valence-electron chi connectivity index (χ0n) is 7.33. The third kappa shape index (κ3) is 1.60. The molecule has 0 fully saturated rings. The van der Waals surface area contributed by atoms with Crippen molar-refractivity contribution in [2.45, 2.75) is 26.4 Å². The summed E-state index contributed by atoms with van der Waals surface area (Å²) in [6.45, 7) is 5.21. The summed E-state index contributed by atoms with van der Waals surface area (Å²) in [6.07, 6.45) is 3.84. The molecule has 0 aromatic carbocycles. The molecule has 0 spiro atoms. The molecule has 0 aliphatic rings. The van der Waals surface area contributed by atoms with Crippen LogP contribution in [0, 0.1) is 0 Å². The Morgan fingerprint density at radius 3 is 3.00 bits per heavy atom. The van der Waals surface area contributed by atoms with Gasteiger partial charge in [0.25, 0.3) is 0 Å². The van der Waals surface area contributed by atoms with E-state index in [-0.39, 0.29) is 0 Å². The number of nitrogens with one attached hydrogen (secondary N) is 1. The highest BCUT2D eigenvalue weighted by molar-refractivity contribution is 4.97. The van der Waals surface area contributed by atoms with Gasteiger partial charge in [0.05, 0.1) is 6.04 Å². The highest BCUT2D eigenvalue weighted by Crippen LogP contribution is 2.08. The number of hydrogen-bond donors (Lipinski definition) is 1. The summed E-state index contributed by atoms with van der Waals surface area (Å²) in [5.41, 5.74) is 0. The first-order chi connectivity index (χ1) is 5.29. The molecule has 1 heterocycles. The Hall–Kier alpha value is -0.830. The van der Waals surface area contributed by atoms with Crippen LogP contribution >= 0.6 is 0 Å². The van der Waals surface area contributed by atoms with E-state index < -0.39 is 0 Å². The fourth-order valence-electron chi connectivity index (χ4n) is 1.10. The summed E-state index contributed by atoms with van der Waals surface area (Å²) < 4.78 is 2.14. The van der Waals surface area contributed by atoms with E-state index in [9.17, 15) is 0 Å². The second-order valence-electron chi connectivity index (χ2n) is 2.58. The molecule has 0 aliphatic carbocycles. The van der Waals surface area contributed by atoms with Gasteiger partial charge in [-0.2, -0.15) is 0 Å². The summed E-state index contributed by atoms with van der Waals surface area (Å²) in [5, 5.41) is 3.16. The van der Waals surface area contributed by atoms with Gasteiger partial charge in [0.15, 0.2) is 0 Å². The van der Waals surface area contributed by atoms with Crippen molar-refractivity contribution >= 4 is 0 Å². The molecule has 0 aliphatic heterocycles. The molecule has 0 radical (unpaired) electrons. The summed E-state index contributed by atoms with van der Waals surface area (Å²) in [5.74, 6) is 1.11. The largest absolute Gasteiger partial charge is 0.334 e. The smallest absolute Gasteiger partial charge is 0.125 e. The fraction of sp³-hybridized carbons (Fsp3) is 0.625. The monoisotopic (exact) mass is 153 g/mol. The van der Waals surface area contributed by atoms with Crippen LogP contribution in [0.2, 0.25) is 0 Å². The van der Waals surface area contributed by atoms with Gasteiger partial charge in [0.1, 0.15) is 5.82 Å². The molecule has 3 heteroatoms. The van der Waals surface area contributed by atoms with E-state index >= 15 is 0 Å². The molecule has 1 rings (SSSR count). The first-order valence-electron chi connectivity index (χ1n) is 3.97. The van der Waals surface area contributed by atoms with Crippen LogP contribution in [0.25, 0.3) is 0 Å². The van der Waals surface area contributed by atoms with Gasteiger partial charge in [-0.15, -0.1) is 0 Å². The predicted molar refractivity (Wildman–Crippen MR) is 45.4 cm³/mol. The van der Waals surface area contributed by atoms with Crippen LogP contribution in [0.5, 0.6) is 0 Å². The van der Waals surface area contributed by atoms with E-state index in [1.165, 1.54) is 0 Å². The SMILES string of the molecule is CCn1ccnc1[C@H](C)NC. The van der Waals surface area contributed by atoms with Crippen molar-refractivity contribution in [2.75, 3.05) is 7.05 Å². The second-order valence-corrected chi connectivity index (χ2v) is 2.58. The van der Waals surface area contributed by atoms with Crippen molar-refractivity contribution in [2.24, 2.45) is 0 Å². The third-order valence-corrected chi connectivity index (χ3v) is 1.91. The normalized spacial score (nSPS) is 13.4. The Kier molecular flexibility index (Phi) is 2.65. The predicted octanol–water partition coefficient (Wildman–Crippen LogP) is 1.18. The molecule has 3 nitrogen and oxygen atoms in total. The maximum Gasteiger partial charge on any atom is 0.125 e. The van der Waals surface area contributed by atoms with Crippen LogP contribution in [0.1, 0.15) is 25.7 Å². The number of hydrogen-bond acceptors (Lipinski definition) is 2. The van der Waals surface area contributed by atoms with Gasteiger partial charge in [-0.1, -0.05) is 0 Å². The molecule has 0 saturated heterocycles. The van der Waals surface area contributed by atoms with Gasteiger partial charge in [-0.05, 0) is 20.9 Å². The van der Waals surface area contributed by atoms with Crippen LogP contribution in [-0.4, -0.2) is 16.6 Å². The minimum Gasteiger partial charge on any atom is -0.334 e. The van der Waals surface area contributed by atoms with Gasteiger partial charge in [0, 0.05) is 18.9 Å². The summed E-state index contributed by atoms with van der Waals surface area (Å²) in [6, 6.07) is 0.338. The lowest BCUT2D eigenvalue weighted by Crippen LogP contribution is -2.17. The Morgan fingerprint density at radius 2 is 2.45 bits per heavy atom. The lowest BCUT2D eigenvalue weighted by atomic mass is 10.3. The van der Waals surface area contributed by atoms with E-state index in [1.807, 2.05) is 19.4 Å². The molecule has 0 unspecified atom stereocenters. The summed E-state index contributed by atoms with van der Waals surface area (Å²) in [4.78, 5) is 4.26. The number of nitrogens with zero attached hydrogens (tertiary/aromatic N) is 2. The zero-order chi connectivity index (χ0) is 8.27. The molecule has 1 atom stereocenters. The van der Waals surface area contributed by atoms with Crippen molar-refractivity contribution in [1.82, 2.24) is 14.9 Å². The quantitative estimate of drug-likeness (QED) is 0.706. The van der Waals surface area contributed by atoms with E-state index in [0.717, 1.165) is 12.4 Å². The first-order valence-corrected chi connectivity index (χ1v) is 3.97. The maximum atomic E-state index is 4.26. The number of rotatable bonds is 3. The van der Waals surface area contributed by atoms with Crippen LogP contribution in [-0.2, 0) is 6.54 Å². The molecule has 0 amide bonds. The van der Waals surface area contributed by atoms with E-state index in [2.05, 4.69) is 28.7 Å². The Bertz CT molecular complexity index is 217. The van der Waals surface area contributed by atoms with Gasteiger partial charge in [0.2, 0.25) is 0 Å². The standard InChI is InChI=1S/C8H15N3/c1-4-11-6-5-10-8(11)7(2)9-3/h5-7,9H,4H2,1-3H3/t7-/m0/s1. The van der Waals surface area contributed by atoms with Crippen LogP contribution in [0.15, 0.2) is 12.4 Å². The third-order valence-electron chi connectivity index (χ3n) is 1.91. The Morgan fingerprint density at radius 1 is 1.73 bits per heavy atom. The van der Waals surface area contributed by atoms with Crippen LogP contribution in [0.3, 0.4) is 0 Å². The number of aromatic nitrogens is 2. The minimum absolute atomic E-state index is 0.338. The average Bonchev–Trinajstić information content (AvgIpc) is 2.50. The second kappa shape index (κ2) is 3.53. The maximum absolute atomic E-state index is 4.26. The number of aryl methyl sites for hydroxylation is 1. The average molecular weight is 153 g/mol. The van der Waals surface area contributed by atoms with E-state index in [4.69, 9.17) is 0 Å². The molecular formula is C8H15N3. The highest BCUT2D eigenvalue weighted by atomic mass is 15.1. The van der Waals surface area contributed by atoms with E-state index in [0.29, 0.717) is 6.04 Å². The van der Waals surface area contributed by atoms with Gasteiger partial charge >= 0.3 is 0 Å². The summed E-state index contributed by atoms with van der Waals surface area (Å²) in [7, 11) is 1.94. The topological polar surface area (TPSA) is 29.9 Å². The molecular weight excluding hydrogens is 138 g/mol. The van der Waals surface area contributed by atoms with Gasteiger partial charge < -0.3 is 9.88 Å². The lowest BCUT2D eigenvalue weighted by molar-refractivity contribution is 0.564. The van der Waals surface area contributed by atoms with Crippen molar-refractivity contribution in [3.8, 4) is 0 Å². The molecule has 62 valence electrons. The van der Waals surface area contributed by atoms with Crippen molar-refractivity contribution in [3.63, 3.8) is 0 Å². The van der Waals surface area contributed by atoms with Crippen LogP contribution in [0.4, 0.5) is 0 Å². The molecule has 11 heavy (non-hydrogen) atoms. The van der Waals surface area contributed by atoms with E-state index in [1.54, 1.807) is 0 Å². The number of imidazole rings is 1.